The third kappa shape index (κ3) is 2.63. The molecular weight excluding hydrogens is 156 g/mol. The smallest absolute Gasteiger partial charge is 0.0343 e. The number of hydrogen-bond acceptors (Lipinski definition) is 0. The van der Waals surface area contributed by atoms with E-state index in [1.54, 1.807) is 0 Å². The summed E-state index contributed by atoms with van der Waals surface area (Å²) in [6, 6.07) is 8.56. The molecule has 0 bridgehead atoms. The maximum absolute atomic E-state index is 3.15. The average Bonchev–Trinajstić information content (AvgIpc) is 2.45. The predicted octanol–water partition coefficient (Wildman–Crippen LogP) is 3.20. The van der Waals surface area contributed by atoms with E-state index in [-0.39, 0.29) is 0 Å². The van der Waals surface area contributed by atoms with Crippen LogP contribution in [0, 0.1) is 11.8 Å². The van der Waals surface area contributed by atoms with Gasteiger partial charge >= 0.3 is 0 Å². The van der Waals surface area contributed by atoms with Crippen LogP contribution < -0.4 is 0 Å². The quantitative estimate of drug-likeness (QED) is 0.527. The van der Waals surface area contributed by atoms with Gasteiger partial charge in [-0.3, -0.25) is 0 Å². The van der Waals surface area contributed by atoms with Crippen LogP contribution in [0.15, 0.2) is 24.3 Å². The van der Waals surface area contributed by atoms with Crippen LogP contribution >= 0.6 is 0 Å². The largest absolute Gasteiger partial charge is 0.103 e. The van der Waals surface area contributed by atoms with E-state index in [4.69, 9.17) is 0 Å². The van der Waals surface area contributed by atoms with Crippen molar-refractivity contribution in [3.63, 3.8) is 0 Å². The summed E-state index contributed by atoms with van der Waals surface area (Å²) in [5, 5.41) is 0. The molecule has 13 heavy (non-hydrogen) atoms. The molecule has 1 aromatic rings. The third-order valence-electron chi connectivity index (χ3n) is 2.04. The second-order valence-electron chi connectivity index (χ2n) is 2.80. The fraction of sp³-hybridized carbons (Fsp3) is 0.385. The molecule has 0 amide bonds. The Hall–Kier alpha value is -1.22. The minimum Gasteiger partial charge on any atom is -0.103 e. The third-order valence-corrected chi connectivity index (χ3v) is 2.04. The van der Waals surface area contributed by atoms with E-state index in [9.17, 15) is 0 Å². The van der Waals surface area contributed by atoms with E-state index in [0.717, 1.165) is 19.3 Å². The van der Waals surface area contributed by atoms with Crippen LogP contribution in [-0.4, -0.2) is 0 Å². The lowest BCUT2D eigenvalue weighted by atomic mass is 10.0. The second-order valence-corrected chi connectivity index (χ2v) is 2.80. The minimum absolute atomic E-state index is 0.941. The number of rotatable bonds is 0. The molecule has 0 heterocycles. The maximum Gasteiger partial charge on any atom is 0.0343 e. The molecule has 0 N–H and O–H groups in total. The molecule has 0 spiro atoms. The molecule has 0 nitrogen and oxygen atoms in total. The van der Waals surface area contributed by atoms with Crippen molar-refractivity contribution in [3.8, 4) is 11.8 Å². The Morgan fingerprint density at radius 2 is 1.69 bits per heavy atom. The predicted molar refractivity (Wildman–Crippen MR) is 57.6 cm³/mol. The van der Waals surface area contributed by atoms with Gasteiger partial charge < -0.3 is 0 Å². The molecule has 0 fully saturated rings. The molecule has 2 rings (SSSR count). The number of aryl methyl sites for hydroxylation is 1. The highest BCUT2D eigenvalue weighted by Crippen LogP contribution is 2.12. The second kappa shape index (κ2) is 5.43. The number of hydrogen-bond donors (Lipinski definition) is 0. The zero-order valence-electron chi connectivity index (χ0n) is 8.43. The van der Waals surface area contributed by atoms with Crippen molar-refractivity contribution in [3.05, 3.63) is 35.4 Å². The fourth-order valence-corrected chi connectivity index (χ4v) is 1.42. The highest BCUT2D eigenvalue weighted by molar-refractivity contribution is 5.33. The lowest BCUT2D eigenvalue weighted by Crippen LogP contribution is -1.89. The van der Waals surface area contributed by atoms with Gasteiger partial charge in [-0.2, -0.15) is 0 Å². The Morgan fingerprint density at radius 3 is 2.46 bits per heavy atom. The van der Waals surface area contributed by atoms with Gasteiger partial charge in [0.15, 0.2) is 0 Å². The topological polar surface area (TPSA) is 0 Å². The maximum atomic E-state index is 3.15. The Labute approximate surface area is 81.0 Å². The normalized spacial score (nSPS) is 12.5. The van der Waals surface area contributed by atoms with E-state index < -0.39 is 0 Å². The Kier molecular flexibility index (Phi) is 4.12. The van der Waals surface area contributed by atoms with Crippen molar-refractivity contribution in [2.24, 2.45) is 0 Å². The van der Waals surface area contributed by atoms with Gasteiger partial charge in [-0.05, 0) is 17.5 Å². The van der Waals surface area contributed by atoms with E-state index in [1.807, 2.05) is 13.8 Å². The van der Waals surface area contributed by atoms with Crippen LogP contribution in [0.25, 0.3) is 0 Å². The van der Waals surface area contributed by atoms with Crippen LogP contribution in [0.1, 0.15) is 31.4 Å². The van der Waals surface area contributed by atoms with E-state index in [0.29, 0.717) is 0 Å². The van der Waals surface area contributed by atoms with Crippen LogP contribution in [0.3, 0.4) is 0 Å². The summed E-state index contributed by atoms with van der Waals surface area (Å²) < 4.78 is 0. The van der Waals surface area contributed by atoms with Gasteiger partial charge in [0.25, 0.3) is 0 Å². The Morgan fingerprint density at radius 1 is 1.00 bits per heavy atom. The Bertz CT molecular complexity index is 312. The summed E-state index contributed by atoms with van der Waals surface area (Å²) in [5.41, 5.74) is 2.88. The van der Waals surface area contributed by atoms with Crippen molar-refractivity contribution in [1.82, 2.24) is 0 Å². The highest BCUT2D eigenvalue weighted by atomic mass is 14.0. The fourth-order valence-electron chi connectivity index (χ4n) is 1.42. The first-order valence-electron chi connectivity index (χ1n) is 4.99. The molecule has 1 aromatic carbocycles. The van der Waals surface area contributed by atoms with Gasteiger partial charge in [0.2, 0.25) is 0 Å². The molecule has 1 aliphatic rings. The summed E-state index contributed by atoms with van der Waals surface area (Å²) >= 11 is 0. The first kappa shape index (κ1) is 9.86. The molecule has 0 unspecified atom stereocenters. The average molecular weight is 172 g/mol. The summed E-state index contributed by atoms with van der Waals surface area (Å²) in [5.74, 6) is 6.30. The van der Waals surface area contributed by atoms with Crippen LogP contribution in [0.2, 0.25) is 0 Å². The van der Waals surface area contributed by atoms with Crippen molar-refractivity contribution < 1.29 is 0 Å². The summed E-state index contributed by atoms with van der Waals surface area (Å²) in [4.78, 5) is 0. The molecule has 0 aromatic heterocycles. The van der Waals surface area contributed by atoms with Gasteiger partial charge in [0, 0.05) is 12.8 Å². The molecule has 1 aliphatic carbocycles. The molecule has 0 aliphatic heterocycles. The Balaban J connectivity index is 0.000000396. The van der Waals surface area contributed by atoms with Crippen LogP contribution in [0.4, 0.5) is 0 Å². The summed E-state index contributed by atoms with van der Waals surface area (Å²) in [7, 11) is 0. The first-order chi connectivity index (χ1) is 6.47. The van der Waals surface area contributed by atoms with E-state index in [2.05, 4.69) is 36.1 Å². The van der Waals surface area contributed by atoms with Crippen LogP contribution in [0.5, 0.6) is 0 Å². The van der Waals surface area contributed by atoms with Gasteiger partial charge in [-0.25, -0.2) is 0 Å². The summed E-state index contributed by atoms with van der Waals surface area (Å²) in [6.45, 7) is 4.00. The molecule has 0 atom stereocenters. The van der Waals surface area contributed by atoms with E-state index >= 15 is 0 Å². The molecular formula is C13H16. The van der Waals surface area contributed by atoms with Crippen molar-refractivity contribution in [1.29, 1.82) is 0 Å². The van der Waals surface area contributed by atoms with Gasteiger partial charge in [0.1, 0.15) is 0 Å². The highest BCUT2D eigenvalue weighted by Gasteiger charge is 2.00. The standard InChI is InChI=1S/C11H10.C2H6/c1-2-6-10-8-4-5-9-11(10)7-3-1;1-2/h4-5,8-9H,2,6-7H2;1-2H3. The first-order valence-corrected chi connectivity index (χ1v) is 4.99. The molecule has 0 saturated heterocycles. The van der Waals surface area contributed by atoms with Gasteiger partial charge in [0.05, 0.1) is 0 Å². The van der Waals surface area contributed by atoms with Crippen molar-refractivity contribution in [2.75, 3.05) is 0 Å². The molecule has 68 valence electrons. The molecule has 0 saturated carbocycles. The molecule has 0 heteroatoms. The zero-order valence-corrected chi connectivity index (χ0v) is 8.43. The monoisotopic (exact) mass is 172 g/mol. The lowest BCUT2D eigenvalue weighted by molar-refractivity contribution is 1.02. The lowest BCUT2D eigenvalue weighted by Gasteiger charge is -2.01. The minimum atomic E-state index is 0.941. The van der Waals surface area contributed by atoms with Crippen molar-refractivity contribution >= 4 is 0 Å². The number of fused-ring (bicyclic) bond motifs is 1. The number of benzene rings is 1. The zero-order chi connectivity index (χ0) is 9.52. The van der Waals surface area contributed by atoms with Gasteiger partial charge in [-0.15, -0.1) is 5.92 Å². The van der Waals surface area contributed by atoms with E-state index in [1.165, 1.54) is 11.1 Å². The molecule has 0 radical (unpaired) electrons. The summed E-state index contributed by atoms with van der Waals surface area (Å²) in [6.07, 6.45) is 3.09. The van der Waals surface area contributed by atoms with Crippen LogP contribution in [-0.2, 0) is 12.8 Å². The van der Waals surface area contributed by atoms with Gasteiger partial charge in [-0.1, -0.05) is 44.0 Å². The SMILES string of the molecule is C1#CCc2ccccc2CC1.CC. The van der Waals surface area contributed by atoms with Crippen molar-refractivity contribution in [2.45, 2.75) is 33.1 Å².